The predicted molar refractivity (Wildman–Crippen MR) is 175 cm³/mol. The van der Waals surface area contributed by atoms with Crippen molar-refractivity contribution in [3.05, 3.63) is 89.5 Å². The third kappa shape index (κ3) is 6.12. The summed E-state index contributed by atoms with van der Waals surface area (Å²) in [6.45, 7) is 4.40. The second-order valence-corrected chi connectivity index (χ2v) is 12.9. The van der Waals surface area contributed by atoms with Gasteiger partial charge in [0.05, 0.1) is 24.0 Å². The number of anilines is 1. The maximum atomic E-state index is 15.0. The molecule has 248 valence electrons. The van der Waals surface area contributed by atoms with Gasteiger partial charge in [0.2, 0.25) is 11.8 Å². The molecule has 0 aromatic heterocycles. The highest BCUT2D eigenvalue weighted by molar-refractivity contribution is 6.06. The Morgan fingerprint density at radius 2 is 1.70 bits per heavy atom. The van der Waals surface area contributed by atoms with Crippen LogP contribution in [-0.4, -0.2) is 77.7 Å². The molecule has 0 unspecified atom stereocenters. The van der Waals surface area contributed by atoms with Crippen LogP contribution in [0.5, 0.6) is 0 Å². The van der Waals surface area contributed by atoms with E-state index in [0.29, 0.717) is 32.2 Å². The normalized spacial score (nSPS) is 30.0. The molecule has 10 nitrogen and oxygen atoms in total. The first-order chi connectivity index (χ1) is 22.8. The van der Waals surface area contributed by atoms with E-state index in [1.54, 1.807) is 15.9 Å². The second kappa shape index (κ2) is 13.8. The number of aliphatic hydroxyl groups is 1. The van der Waals surface area contributed by atoms with E-state index in [1.165, 1.54) is 0 Å². The smallest absolute Gasteiger partial charge is 0.306 e. The highest BCUT2D eigenvalue weighted by Crippen LogP contribution is 2.55. The summed E-state index contributed by atoms with van der Waals surface area (Å²) in [5, 5.41) is 12.4. The van der Waals surface area contributed by atoms with Gasteiger partial charge in [-0.1, -0.05) is 72.8 Å². The number of aliphatic hydroxyl groups excluding tert-OH is 1. The Balaban J connectivity index is 1.43. The molecule has 5 bridgehead atoms. The number of aryl methyl sites for hydroxylation is 2. The predicted octanol–water partition coefficient (Wildman–Crippen LogP) is 3.70. The summed E-state index contributed by atoms with van der Waals surface area (Å²) in [5.74, 6) is -3.16. The number of carbonyl (C=O) groups excluding carboxylic acids is 4. The zero-order chi connectivity index (χ0) is 33.1. The summed E-state index contributed by atoms with van der Waals surface area (Å²) >= 11 is 0. The van der Waals surface area contributed by atoms with Gasteiger partial charge in [0, 0.05) is 31.8 Å². The SMILES string of the molecule is Cc1cccc(C)c1N1C/C=C\CCC(=O)OC[C@@H](c2ccccc2)NC(=O)[C@@H]2[C@@H]3C=C[C@]4(O3)[C@H](C1=O)N(CCCCCO)C(=O)[C@@H]24. The van der Waals surface area contributed by atoms with Crippen LogP contribution in [0.4, 0.5) is 5.69 Å². The van der Waals surface area contributed by atoms with E-state index < -0.39 is 47.5 Å². The highest BCUT2D eigenvalue weighted by Gasteiger charge is 2.73. The molecule has 3 amide bonds. The maximum absolute atomic E-state index is 15.0. The average Bonchev–Trinajstić information content (AvgIpc) is 3.71. The maximum Gasteiger partial charge on any atom is 0.306 e. The highest BCUT2D eigenvalue weighted by atomic mass is 16.5. The van der Waals surface area contributed by atoms with Gasteiger partial charge < -0.3 is 29.7 Å². The van der Waals surface area contributed by atoms with Gasteiger partial charge in [-0.05, 0) is 56.2 Å². The van der Waals surface area contributed by atoms with Crippen molar-refractivity contribution in [3.8, 4) is 0 Å². The van der Waals surface area contributed by atoms with Gasteiger partial charge in [-0.25, -0.2) is 0 Å². The number of unbranched alkanes of at least 4 members (excludes halogenated alkanes) is 2. The van der Waals surface area contributed by atoms with Gasteiger partial charge in [0.25, 0.3) is 5.91 Å². The van der Waals surface area contributed by atoms with Crippen molar-refractivity contribution >= 4 is 29.4 Å². The van der Waals surface area contributed by atoms with Gasteiger partial charge in [-0.3, -0.25) is 19.2 Å². The second-order valence-electron chi connectivity index (χ2n) is 12.9. The van der Waals surface area contributed by atoms with Crippen LogP contribution in [-0.2, 0) is 28.7 Å². The lowest BCUT2D eigenvalue weighted by Crippen LogP contribution is -2.56. The summed E-state index contributed by atoms with van der Waals surface area (Å²) in [4.78, 5) is 59.7. The molecule has 2 N–H and O–H groups in total. The molecule has 6 atom stereocenters. The third-order valence-electron chi connectivity index (χ3n) is 9.84. The molecule has 4 heterocycles. The molecule has 0 saturated carbocycles. The number of ether oxygens (including phenoxy) is 2. The topological polar surface area (TPSA) is 125 Å². The number of para-hydroxylation sites is 1. The van der Waals surface area contributed by atoms with E-state index >= 15 is 4.79 Å². The number of allylic oxidation sites excluding steroid dienone is 1. The van der Waals surface area contributed by atoms with Crippen LogP contribution in [0.2, 0.25) is 0 Å². The lowest BCUT2D eigenvalue weighted by Gasteiger charge is -2.37. The van der Waals surface area contributed by atoms with Gasteiger partial charge in [-0.2, -0.15) is 0 Å². The van der Waals surface area contributed by atoms with Crippen LogP contribution in [0.1, 0.15) is 54.8 Å². The van der Waals surface area contributed by atoms with E-state index in [0.717, 1.165) is 22.4 Å². The number of nitrogens with one attached hydrogen (secondary N) is 1. The number of fused-ring (bicyclic) bond motifs is 2. The number of hydrogen-bond donors (Lipinski definition) is 2. The summed E-state index contributed by atoms with van der Waals surface area (Å²) in [7, 11) is 0. The summed E-state index contributed by atoms with van der Waals surface area (Å²) in [6.07, 6.45) is 9.09. The molecule has 2 aromatic rings. The first kappa shape index (κ1) is 32.7. The zero-order valence-corrected chi connectivity index (χ0v) is 27.0. The Kier molecular flexibility index (Phi) is 9.61. The van der Waals surface area contributed by atoms with Gasteiger partial charge in [0.1, 0.15) is 18.2 Å². The lowest BCUT2D eigenvalue weighted by atomic mass is 9.74. The molecular formula is C37H43N3O7. The Labute approximate surface area is 275 Å². The van der Waals surface area contributed by atoms with Crippen molar-refractivity contribution in [2.45, 2.75) is 69.7 Å². The molecule has 4 aliphatic rings. The van der Waals surface area contributed by atoms with Crippen LogP contribution in [0, 0.1) is 25.7 Å². The minimum Gasteiger partial charge on any atom is -0.463 e. The van der Waals surface area contributed by atoms with Crippen LogP contribution in [0.25, 0.3) is 0 Å². The molecule has 2 saturated heterocycles. The summed E-state index contributed by atoms with van der Waals surface area (Å²) in [5.41, 5.74) is 2.01. The molecular weight excluding hydrogens is 598 g/mol. The minimum absolute atomic E-state index is 0.0448. The number of benzene rings is 2. The number of esters is 1. The molecule has 47 heavy (non-hydrogen) atoms. The number of hydrogen-bond acceptors (Lipinski definition) is 7. The molecule has 0 aliphatic carbocycles. The summed E-state index contributed by atoms with van der Waals surface area (Å²) in [6, 6.07) is 13.5. The molecule has 2 fully saturated rings. The molecule has 6 rings (SSSR count). The fourth-order valence-corrected chi connectivity index (χ4v) is 7.65. The van der Waals surface area contributed by atoms with Crippen molar-refractivity contribution in [1.29, 1.82) is 0 Å². The van der Waals surface area contributed by atoms with E-state index in [1.807, 2.05) is 80.6 Å². The number of cyclic esters (lactones) is 1. The lowest BCUT2D eigenvalue weighted by molar-refractivity contribution is -0.145. The van der Waals surface area contributed by atoms with Gasteiger partial charge in [0.15, 0.2) is 0 Å². The van der Waals surface area contributed by atoms with E-state index in [-0.39, 0.29) is 38.0 Å². The standard InChI is InChI=1S/C37H43N3O7/c1-24-13-12-14-25(2)32(24)39-20-9-4-8-17-29(42)46-23-27(26-15-6-3-7-16-26)38-34(43)30-28-18-19-37(47-28)31(30)35(44)40(33(37)36(39)45)21-10-5-11-22-41/h3-4,6-7,9,12-16,18-19,27-28,30-31,33,41H,5,8,10-11,17,20-23H2,1-2H3,(H,38,43)/b9-4-/t27-,28-,30+,31+,33-,37+/m0/s1. The average molecular weight is 642 g/mol. The third-order valence-corrected chi connectivity index (χ3v) is 9.84. The number of nitrogens with zero attached hydrogens (tertiary/aromatic N) is 2. The molecule has 4 aliphatic heterocycles. The van der Waals surface area contributed by atoms with Crippen LogP contribution < -0.4 is 10.2 Å². The largest absolute Gasteiger partial charge is 0.463 e. The first-order valence-corrected chi connectivity index (χ1v) is 16.6. The van der Waals surface area contributed by atoms with Crippen LogP contribution >= 0.6 is 0 Å². The van der Waals surface area contributed by atoms with Crippen LogP contribution in [0.3, 0.4) is 0 Å². The van der Waals surface area contributed by atoms with Crippen molar-refractivity contribution in [2.75, 3.05) is 31.2 Å². The van der Waals surface area contributed by atoms with Gasteiger partial charge in [-0.15, -0.1) is 0 Å². The Hall–Kier alpha value is -4.28. The Morgan fingerprint density at radius 1 is 0.936 bits per heavy atom. The fraction of sp³-hybridized carbons (Fsp3) is 0.459. The quantitative estimate of drug-likeness (QED) is 0.268. The minimum atomic E-state index is -1.32. The summed E-state index contributed by atoms with van der Waals surface area (Å²) < 4.78 is 12.2. The Morgan fingerprint density at radius 3 is 2.45 bits per heavy atom. The number of carbonyl (C=O) groups is 4. The monoisotopic (exact) mass is 641 g/mol. The number of likely N-dealkylation sites (tertiary alicyclic amines) is 1. The number of rotatable bonds is 7. The van der Waals surface area contributed by atoms with E-state index in [9.17, 15) is 19.5 Å². The van der Waals surface area contributed by atoms with Crippen molar-refractivity contribution in [1.82, 2.24) is 10.2 Å². The van der Waals surface area contributed by atoms with E-state index in [4.69, 9.17) is 9.47 Å². The zero-order valence-electron chi connectivity index (χ0n) is 27.0. The van der Waals surface area contributed by atoms with Crippen molar-refractivity contribution < 1.29 is 33.8 Å². The first-order valence-electron chi connectivity index (χ1n) is 16.6. The number of amides is 3. The molecule has 10 heteroatoms. The van der Waals surface area contributed by atoms with E-state index in [2.05, 4.69) is 5.32 Å². The molecule has 0 radical (unpaired) electrons. The van der Waals surface area contributed by atoms with Crippen molar-refractivity contribution in [3.63, 3.8) is 0 Å². The van der Waals surface area contributed by atoms with Crippen LogP contribution in [0.15, 0.2) is 72.8 Å². The fourth-order valence-electron chi connectivity index (χ4n) is 7.65. The van der Waals surface area contributed by atoms with Crippen molar-refractivity contribution in [2.24, 2.45) is 11.8 Å². The Bertz CT molecular complexity index is 1550. The molecule has 2 aromatic carbocycles. The van der Waals surface area contributed by atoms with Gasteiger partial charge >= 0.3 is 5.97 Å². The molecule has 1 spiro atoms.